The molecular formula is C74H89N3O6S2+2. The number of unbranched alkanes of at least 4 members (excludes halogenated alkanes) is 21. The Kier molecular flexibility index (Phi) is 20.4. The SMILES string of the molecule is CCCCCCCCCCCC[n+]1c(/C=C2\C(=O)C(c3ccc4c(c3)c3cc(C5=C(O)/C(=C\c6sc7ccccc7[n+]6CCCCCCCCCCCC)C5=O)ccc3n4CCCCCCOC(=O)C3CC4C=CC3C4)=C2O)sc2ccccc21. The molecule has 0 radical (unpaired) electrons. The summed E-state index contributed by atoms with van der Waals surface area (Å²) in [6, 6.07) is 28.8. The molecule has 4 aromatic carbocycles. The zero-order valence-electron chi connectivity index (χ0n) is 50.5. The maximum Gasteiger partial charge on any atom is 0.309 e. The number of hydrogen-bond donors (Lipinski definition) is 2. The van der Waals surface area contributed by atoms with Crippen LogP contribution in [0.2, 0.25) is 0 Å². The highest BCUT2D eigenvalue weighted by Crippen LogP contribution is 2.45. The lowest BCUT2D eigenvalue weighted by Gasteiger charge is -2.21. The van der Waals surface area contributed by atoms with Crippen LogP contribution in [-0.2, 0) is 38.8 Å². The number of ether oxygens (including phenoxy) is 1. The summed E-state index contributed by atoms with van der Waals surface area (Å²) >= 11 is 3.31. The van der Waals surface area contributed by atoms with Gasteiger partial charge in [0.25, 0.3) is 10.0 Å². The Labute approximate surface area is 511 Å². The number of aromatic nitrogens is 3. The molecule has 1 fully saturated rings. The lowest BCUT2D eigenvalue weighted by Crippen LogP contribution is -2.35. The third-order valence-electron chi connectivity index (χ3n) is 18.8. The molecule has 85 heavy (non-hydrogen) atoms. The van der Waals surface area contributed by atoms with Crippen molar-refractivity contribution in [3.63, 3.8) is 0 Å². The summed E-state index contributed by atoms with van der Waals surface area (Å²) < 4.78 is 15.0. The molecule has 11 heteroatoms. The molecule has 3 aromatic heterocycles. The van der Waals surface area contributed by atoms with Gasteiger partial charge in [-0.2, -0.15) is 9.13 Å². The average Bonchev–Trinajstić information content (AvgIpc) is 2.06. The Balaban J connectivity index is 0.827. The van der Waals surface area contributed by atoms with Crippen LogP contribution in [0, 0.1) is 17.8 Å². The van der Waals surface area contributed by atoms with Crippen molar-refractivity contribution >= 4 is 106 Å². The number of hydrogen-bond acceptors (Lipinski definition) is 8. The van der Waals surface area contributed by atoms with Gasteiger partial charge in [0.05, 0.1) is 34.8 Å². The van der Waals surface area contributed by atoms with Crippen LogP contribution in [0.15, 0.2) is 120 Å². The molecule has 446 valence electrons. The molecule has 0 spiro atoms. The summed E-state index contributed by atoms with van der Waals surface area (Å²) in [5.41, 5.74) is 6.83. The van der Waals surface area contributed by atoms with E-state index in [-0.39, 0.29) is 35.0 Å². The quantitative estimate of drug-likeness (QED) is 0.0137. The lowest BCUT2D eigenvalue weighted by atomic mass is 9.82. The Hall–Kier alpha value is -6.43. The van der Waals surface area contributed by atoms with Crippen molar-refractivity contribution in [2.24, 2.45) is 17.8 Å². The molecular weight excluding hydrogens is 1090 g/mol. The number of nitrogens with zero attached hydrogens (tertiary/aromatic N) is 3. The fourth-order valence-electron chi connectivity index (χ4n) is 13.9. The minimum Gasteiger partial charge on any atom is -0.506 e. The highest BCUT2D eigenvalue weighted by Gasteiger charge is 2.41. The van der Waals surface area contributed by atoms with Crippen LogP contribution in [0.4, 0.5) is 0 Å². The van der Waals surface area contributed by atoms with E-state index in [9.17, 15) is 24.6 Å². The average molecular weight is 1180 g/mol. The van der Waals surface area contributed by atoms with E-state index in [1.165, 1.54) is 103 Å². The summed E-state index contributed by atoms with van der Waals surface area (Å²) in [6.45, 7) is 7.42. The van der Waals surface area contributed by atoms with Crippen molar-refractivity contribution in [1.82, 2.24) is 4.57 Å². The number of Topliss-reactive ketones (excluding diaryl/α,β-unsaturated/α-hetero) is 2. The van der Waals surface area contributed by atoms with Gasteiger partial charge in [0.1, 0.15) is 20.9 Å². The molecule has 3 unspecified atom stereocenters. The summed E-state index contributed by atoms with van der Waals surface area (Å²) in [4.78, 5) is 41.6. The van der Waals surface area contributed by atoms with Crippen molar-refractivity contribution in [1.29, 1.82) is 0 Å². The van der Waals surface area contributed by atoms with Gasteiger partial charge in [0.15, 0.2) is 13.1 Å². The molecule has 3 heterocycles. The standard InChI is InChI=1S/C74H87N3O6S2/c1-3-5-7-9-11-13-15-17-19-28-42-76-62-31-23-25-33-64(62)84-66(76)49-58-70(78)68(71(58)79)53-37-39-60-56(47-53)57-48-54(38-40-61(57)75(60)41-27-21-22-30-44-83-74(82)55-46-51-35-36-52(55)45-51)69-72(80)59(73(69)81)50-67-77(63-32-24-26-34-65(63)85-67)43-29-20-18-16-14-12-10-8-6-4-2/h23-26,31-40,47-52,55H,3-22,27-30,41-46H2,1-2H3/p+2. The van der Waals surface area contributed by atoms with Gasteiger partial charge < -0.3 is 19.5 Å². The molecule has 7 aromatic rings. The van der Waals surface area contributed by atoms with E-state index in [4.69, 9.17) is 4.74 Å². The molecule has 3 atom stereocenters. The van der Waals surface area contributed by atoms with Crippen molar-refractivity contribution in [2.75, 3.05) is 6.61 Å². The molecule has 2 bridgehead atoms. The van der Waals surface area contributed by atoms with Crippen LogP contribution in [0.25, 0.3) is 65.5 Å². The Morgan fingerprint density at radius 3 is 1.45 bits per heavy atom. The second-order valence-electron chi connectivity index (χ2n) is 24.8. The topological polar surface area (TPSA) is 114 Å². The maximum atomic E-state index is 14.4. The molecule has 4 aliphatic carbocycles. The number of rotatable bonds is 34. The van der Waals surface area contributed by atoms with Gasteiger partial charge in [0, 0.05) is 65.5 Å². The van der Waals surface area contributed by atoms with Crippen LogP contribution >= 0.6 is 22.7 Å². The molecule has 0 saturated heterocycles. The molecule has 9 nitrogen and oxygen atoms in total. The Bertz CT molecular complexity index is 3500. The summed E-state index contributed by atoms with van der Waals surface area (Å²) in [5.74, 6) is 0.502. The zero-order valence-corrected chi connectivity index (χ0v) is 52.2. The van der Waals surface area contributed by atoms with Gasteiger partial charge in [-0.3, -0.25) is 14.4 Å². The third kappa shape index (κ3) is 13.6. The fraction of sp³-hybridized carbons (Fsp3) is 0.473. The van der Waals surface area contributed by atoms with E-state index in [2.05, 4.69) is 100 Å². The number of aliphatic hydroxyl groups is 2. The number of aryl methyl sites for hydroxylation is 3. The number of ketones is 2. The van der Waals surface area contributed by atoms with Gasteiger partial charge in [-0.25, -0.2) is 0 Å². The normalized spacial score (nSPS) is 18.5. The number of carbonyl (C=O) groups is 3. The molecule has 1 saturated carbocycles. The van der Waals surface area contributed by atoms with E-state index < -0.39 is 0 Å². The van der Waals surface area contributed by atoms with Gasteiger partial charge in [-0.1, -0.05) is 194 Å². The summed E-state index contributed by atoms with van der Waals surface area (Å²) in [7, 11) is 0. The van der Waals surface area contributed by atoms with Crippen molar-refractivity contribution in [3.8, 4) is 0 Å². The van der Waals surface area contributed by atoms with Crippen LogP contribution < -0.4 is 9.13 Å². The number of allylic oxidation sites excluding steroid dienone is 6. The van der Waals surface area contributed by atoms with E-state index in [0.29, 0.717) is 51.9 Å². The largest absolute Gasteiger partial charge is 0.506 e. The van der Waals surface area contributed by atoms with Crippen molar-refractivity contribution in [3.05, 3.63) is 141 Å². The number of para-hydroxylation sites is 2. The summed E-state index contributed by atoms with van der Waals surface area (Å²) in [5, 5.41) is 27.5. The van der Waals surface area contributed by atoms with Crippen LogP contribution in [0.5, 0.6) is 0 Å². The third-order valence-corrected chi connectivity index (χ3v) is 21.0. The number of esters is 1. The first-order valence-electron chi connectivity index (χ1n) is 32.9. The second kappa shape index (κ2) is 28.8. The predicted molar refractivity (Wildman–Crippen MR) is 351 cm³/mol. The molecule has 11 rings (SSSR count). The van der Waals surface area contributed by atoms with Crippen molar-refractivity contribution < 1.29 is 38.5 Å². The first-order valence-corrected chi connectivity index (χ1v) is 34.5. The number of benzene rings is 4. The summed E-state index contributed by atoms with van der Waals surface area (Å²) in [6.07, 6.45) is 39.2. The first-order chi connectivity index (χ1) is 41.7. The minimum atomic E-state index is -0.180. The highest BCUT2D eigenvalue weighted by atomic mass is 32.1. The fourth-order valence-corrected chi connectivity index (χ4v) is 16.2. The number of fused-ring (bicyclic) bond motifs is 7. The monoisotopic (exact) mass is 1180 g/mol. The lowest BCUT2D eigenvalue weighted by molar-refractivity contribution is -0.669. The maximum absolute atomic E-state index is 14.4. The minimum absolute atomic E-state index is 0.00706. The Morgan fingerprint density at radius 1 is 0.553 bits per heavy atom. The van der Waals surface area contributed by atoms with Crippen LogP contribution in [0.3, 0.4) is 0 Å². The zero-order chi connectivity index (χ0) is 58.7. The van der Waals surface area contributed by atoms with E-state index in [1.807, 2.05) is 36.4 Å². The Morgan fingerprint density at radius 2 is 1.00 bits per heavy atom. The van der Waals surface area contributed by atoms with Crippen LogP contribution in [0.1, 0.15) is 202 Å². The molecule has 0 aliphatic heterocycles. The van der Waals surface area contributed by atoms with Gasteiger partial charge in [-0.05, 0) is 104 Å². The number of aliphatic hydroxyl groups excluding tert-OH is 2. The first kappa shape index (κ1) is 60.3. The van der Waals surface area contributed by atoms with Gasteiger partial charge >= 0.3 is 5.97 Å². The highest BCUT2D eigenvalue weighted by molar-refractivity contribution is 7.19. The predicted octanol–water partition coefficient (Wildman–Crippen LogP) is 18.8. The molecule has 0 amide bonds. The number of thiazole rings is 2. The van der Waals surface area contributed by atoms with Gasteiger partial charge in [-0.15, -0.1) is 0 Å². The molecule has 4 aliphatic rings. The second-order valence-corrected chi connectivity index (χ2v) is 26.9. The van der Waals surface area contributed by atoms with E-state index in [1.54, 1.807) is 22.7 Å². The van der Waals surface area contributed by atoms with E-state index >= 15 is 0 Å². The number of carbonyl (C=O) groups excluding carboxylic acids is 3. The molecule has 2 N–H and O–H groups in total. The van der Waals surface area contributed by atoms with Crippen LogP contribution in [-0.4, -0.2) is 38.9 Å². The van der Waals surface area contributed by atoms with Gasteiger partial charge in [0.2, 0.25) is 22.6 Å². The van der Waals surface area contributed by atoms with Crippen molar-refractivity contribution in [2.45, 2.75) is 200 Å². The smallest absolute Gasteiger partial charge is 0.309 e. The van der Waals surface area contributed by atoms with E-state index in [0.717, 1.165) is 136 Å².